The van der Waals surface area contributed by atoms with E-state index in [0.717, 1.165) is 24.1 Å². The molecular weight excluding hydrogens is 350 g/mol. The summed E-state index contributed by atoms with van der Waals surface area (Å²) in [6, 6.07) is 4.73. The molecule has 0 unspecified atom stereocenters. The number of hydrogen-bond donors (Lipinski definition) is 1. The van der Waals surface area contributed by atoms with E-state index in [1.54, 1.807) is 17.0 Å². The maximum absolute atomic E-state index is 13.7. The minimum Gasteiger partial charge on any atom is -0.365 e. The maximum Gasteiger partial charge on any atom is 0.266 e. The lowest BCUT2D eigenvalue weighted by atomic mass is 9.84. The van der Waals surface area contributed by atoms with Crippen LogP contribution in [0.4, 0.5) is 14.5 Å². The van der Waals surface area contributed by atoms with E-state index in [4.69, 9.17) is 0 Å². The molecule has 0 spiro atoms. The predicted octanol–water partition coefficient (Wildman–Crippen LogP) is 4.14. The second kappa shape index (κ2) is 6.88. The van der Waals surface area contributed by atoms with Gasteiger partial charge >= 0.3 is 0 Å². The number of ketones is 1. The van der Waals surface area contributed by atoms with Crippen molar-refractivity contribution in [2.75, 3.05) is 18.0 Å². The highest BCUT2D eigenvalue weighted by molar-refractivity contribution is 5.98. The molecule has 2 fully saturated rings. The lowest BCUT2D eigenvalue weighted by Gasteiger charge is -2.29. The predicted molar refractivity (Wildman–Crippen MR) is 102 cm³/mol. The smallest absolute Gasteiger partial charge is 0.266 e. The third-order valence-corrected chi connectivity index (χ3v) is 5.37. The third kappa shape index (κ3) is 4.47. The zero-order valence-corrected chi connectivity index (χ0v) is 16.4. The molecule has 0 radical (unpaired) electrons. The Kier molecular flexibility index (Phi) is 5.04. The van der Waals surface area contributed by atoms with E-state index in [1.807, 2.05) is 26.8 Å². The van der Waals surface area contributed by atoms with E-state index in [0.29, 0.717) is 11.5 Å². The van der Waals surface area contributed by atoms with E-state index >= 15 is 0 Å². The number of hydrogen-bond acceptors (Lipinski definition) is 3. The minimum atomic E-state index is -2.69. The largest absolute Gasteiger partial charge is 0.365 e. The van der Waals surface area contributed by atoms with Crippen LogP contribution in [0.1, 0.15) is 68.8 Å². The molecule has 2 aliphatic rings. The summed E-state index contributed by atoms with van der Waals surface area (Å²) in [4.78, 5) is 26.4. The van der Waals surface area contributed by atoms with Crippen LogP contribution in [0.3, 0.4) is 0 Å². The molecule has 1 amide bonds. The molecule has 3 rings (SSSR count). The van der Waals surface area contributed by atoms with Crippen molar-refractivity contribution in [1.82, 2.24) is 5.32 Å². The average molecular weight is 378 g/mol. The molecule has 1 aliphatic carbocycles. The summed E-state index contributed by atoms with van der Waals surface area (Å²) in [7, 11) is 0. The second-order valence-electron chi connectivity index (χ2n) is 8.96. The second-order valence-corrected chi connectivity index (χ2v) is 8.96. The molecule has 1 atom stereocenters. The first-order chi connectivity index (χ1) is 12.5. The molecule has 1 aromatic rings. The van der Waals surface area contributed by atoms with E-state index in [-0.39, 0.29) is 31.2 Å². The van der Waals surface area contributed by atoms with Crippen molar-refractivity contribution in [3.63, 3.8) is 0 Å². The fraction of sp³-hybridized carbons (Fsp3) is 0.619. The number of anilines is 1. The van der Waals surface area contributed by atoms with Crippen LogP contribution in [0.5, 0.6) is 0 Å². The summed E-state index contributed by atoms with van der Waals surface area (Å²) in [5.74, 6) is -2.75. The summed E-state index contributed by atoms with van der Waals surface area (Å²) >= 11 is 0. The Morgan fingerprint density at radius 2 is 1.93 bits per heavy atom. The maximum atomic E-state index is 13.7. The Morgan fingerprint density at radius 1 is 1.26 bits per heavy atom. The quantitative estimate of drug-likeness (QED) is 0.838. The van der Waals surface area contributed by atoms with Crippen LogP contribution in [0.15, 0.2) is 18.2 Å². The van der Waals surface area contributed by atoms with E-state index in [1.165, 1.54) is 6.92 Å². The van der Waals surface area contributed by atoms with Crippen molar-refractivity contribution < 1.29 is 18.4 Å². The van der Waals surface area contributed by atoms with Gasteiger partial charge in [-0.2, -0.15) is 0 Å². The Hall–Kier alpha value is -1.98. The van der Waals surface area contributed by atoms with Crippen molar-refractivity contribution in [2.45, 2.75) is 64.8 Å². The SMILES string of the molecule is CC(=O)[C@@H](NC(=O)c1ccc(C2CC2)c(N2CCC(F)(F)C2)c1)C(C)(C)C. The Morgan fingerprint density at radius 3 is 2.41 bits per heavy atom. The third-order valence-electron chi connectivity index (χ3n) is 5.37. The van der Waals surface area contributed by atoms with Crippen LogP contribution in [0.25, 0.3) is 0 Å². The number of amides is 1. The van der Waals surface area contributed by atoms with Crippen molar-refractivity contribution in [2.24, 2.45) is 5.41 Å². The van der Waals surface area contributed by atoms with Gasteiger partial charge in [-0.25, -0.2) is 8.78 Å². The molecule has 27 heavy (non-hydrogen) atoms. The van der Waals surface area contributed by atoms with Crippen LogP contribution in [-0.2, 0) is 4.79 Å². The zero-order valence-electron chi connectivity index (χ0n) is 16.4. The molecule has 6 heteroatoms. The van der Waals surface area contributed by atoms with Crippen LogP contribution < -0.4 is 10.2 Å². The number of halogens is 2. The molecule has 4 nitrogen and oxygen atoms in total. The molecular formula is C21H28F2N2O2. The Bertz CT molecular complexity index is 751. The molecule has 1 saturated heterocycles. The van der Waals surface area contributed by atoms with Crippen LogP contribution >= 0.6 is 0 Å². The molecule has 148 valence electrons. The Labute approximate surface area is 159 Å². The molecule has 1 heterocycles. The normalized spacial score (nSPS) is 20.4. The van der Waals surface area contributed by atoms with E-state index in [2.05, 4.69) is 5.32 Å². The number of carbonyl (C=O) groups excluding carboxylic acids is 2. The van der Waals surface area contributed by atoms with Crippen molar-refractivity contribution in [3.8, 4) is 0 Å². The van der Waals surface area contributed by atoms with Crippen molar-refractivity contribution in [3.05, 3.63) is 29.3 Å². The highest BCUT2D eigenvalue weighted by atomic mass is 19.3. The molecule has 1 aliphatic heterocycles. The summed E-state index contributed by atoms with van der Waals surface area (Å²) in [6.07, 6.45) is 1.95. The molecule has 1 aromatic carbocycles. The first kappa shape index (κ1) is 19.8. The monoisotopic (exact) mass is 378 g/mol. The molecule has 0 bridgehead atoms. The van der Waals surface area contributed by atoms with E-state index in [9.17, 15) is 18.4 Å². The van der Waals surface area contributed by atoms with Gasteiger partial charge in [0.25, 0.3) is 11.8 Å². The molecule has 1 N–H and O–H groups in total. The van der Waals surface area contributed by atoms with Crippen LogP contribution in [0, 0.1) is 5.41 Å². The van der Waals surface area contributed by atoms with Gasteiger partial charge in [-0.05, 0) is 48.8 Å². The van der Waals surface area contributed by atoms with Gasteiger partial charge in [-0.3, -0.25) is 9.59 Å². The topological polar surface area (TPSA) is 49.4 Å². The van der Waals surface area contributed by atoms with Gasteiger partial charge < -0.3 is 10.2 Å². The summed E-state index contributed by atoms with van der Waals surface area (Å²) in [5.41, 5.74) is 1.77. The lowest BCUT2D eigenvalue weighted by Crippen LogP contribution is -2.48. The molecule has 0 aromatic heterocycles. The van der Waals surface area contributed by atoms with Gasteiger partial charge in [0.05, 0.1) is 12.6 Å². The average Bonchev–Trinajstić information content (AvgIpc) is 3.33. The number of carbonyl (C=O) groups is 2. The number of nitrogens with zero attached hydrogens (tertiary/aromatic N) is 1. The first-order valence-electron chi connectivity index (χ1n) is 9.56. The zero-order chi connectivity index (χ0) is 20.0. The van der Waals surface area contributed by atoms with Crippen molar-refractivity contribution >= 4 is 17.4 Å². The number of rotatable bonds is 5. The van der Waals surface area contributed by atoms with E-state index < -0.39 is 17.4 Å². The van der Waals surface area contributed by atoms with Crippen LogP contribution in [0.2, 0.25) is 0 Å². The number of benzene rings is 1. The van der Waals surface area contributed by atoms with Gasteiger partial charge in [-0.1, -0.05) is 26.8 Å². The van der Waals surface area contributed by atoms with Crippen molar-refractivity contribution in [1.29, 1.82) is 0 Å². The summed E-state index contributed by atoms with van der Waals surface area (Å²) < 4.78 is 27.4. The van der Waals surface area contributed by atoms with Gasteiger partial charge in [0.2, 0.25) is 0 Å². The molecule has 1 saturated carbocycles. The van der Waals surface area contributed by atoms with Gasteiger partial charge in [-0.15, -0.1) is 0 Å². The van der Waals surface area contributed by atoms with Gasteiger partial charge in [0, 0.05) is 24.2 Å². The summed E-state index contributed by atoms with van der Waals surface area (Å²) in [6.45, 7) is 7.13. The lowest BCUT2D eigenvalue weighted by molar-refractivity contribution is -0.121. The fourth-order valence-corrected chi connectivity index (χ4v) is 3.78. The standard InChI is InChI=1S/C21H28F2N2O2/c1-13(26)18(20(2,3)4)24-19(27)15-7-8-16(14-5-6-14)17(11-15)25-10-9-21(22,23)12-25/h7-8,11,14,18H,5-6,9-10,12H2,1-4H3,(H,24,27)/t18-/m1/s1. The summed E-state index contributed by atoms with van der Waals surface area (Å²) in [5, 5.41) is 2.82. The van der Waals surface area contributed by atoms with Crippen LogP contribution in [-0.4, -0.2) is 36.7 Å². The highest BCUT2D eigenvalue weighted by Gasteiger charge is 2.40. The fourth-order valence-electron chi connectivity index (χ4n) is 3.78. The van der Waals surface area contributed by atoms with Gasteiger partial charge in [0.15, 0.2) is 5.78 Å². The minimum absolute atomic E-state index is 0.107. The first-order valence-corrected chi connectivity index (χ1v) is 9.56. The number of nitrogens with one attached hydrogen (secondary N) is 1. The number of Topliss-reactive ketones (excluding diaryl/α,β-unsaturated/α-hetero) is 1. The number of alkyl halides is 2. The van der Waals surface area contributed by atoms with Gasteiger partial charge in [0.1, 0.15) is 0 Å². The Balaban J connectivity index is 1.87. The highest BCUT2D eigenvalue weighted by Crippen LogP contribution is 2.46.